The summed E-state index contributed by atoms with van der Waals surface area (Å²) in [4.78, 5) is 26.4. The molecule has 2 heterocycles. The van der Waals surface area contributed by atoms with Gasteiger partial charge in [-0.2, -0.15) is 5.26 Å². The predicted octanol–water partition coefficient (Wildman–Crippen LogP) is 3.72. The number of thiophene rings is 1. The largest absolute Gasteiger partial charge is 0.477 e. The van der Waals surface area contributed by atoms with E-state index in [0.29, 0.717) is 13.0 Å². The molecule has 3 rings (SSSR count). The Balaban J connectivity index is 1.82. The zero-order valence-corrected chi connectivity index (χ0v) is 16.3. The molecule has 1 N–H and O–H groups in total. The van der Waals surface area contributed by atoms with E-state index in [9.17, 15) is 9.59 Å². The standard InChI is InChI=1S/C21H20N2O4S/c1-27-20(24)8-10-23-9-2-3-14-11-15(4-6-18(14)23)19-7-5-17(28-19)12-16(13-22)21(25)26/h4-7,11-12H,2-3,8-10H2,1H3,(H,25,26)/b16-12+. The molecule has 144 valence electrons. The van der Waals surface area contributed by atoms with Gasteiger partial charge in [0.1, 0.15) is 11.6 Å². The summed E-state index contributed by atoms with van der Waals surface area (Å²) in [6, 6.07) is 11.7. The van der Waals surface area contributed by atoms with Gasteiger partial charge in [-0.15, -0.1) is 11.3 Å². The minimum Gasteiger partial charge on any atom is -0.477 e. The number of benzene rings is 1. The van der Waals surface area contributed by atoms with Gasteiger partial charge in [0.2, 0.25) is 0 Å². The van der Waals surface area contributed by atoms with Crippen LogP contribution in [0, 0.1) is 11.3 Å². The molecule has 0 bridgehead atoms. The van der Waals surface area contributed by atoms with Crippen molar-refractivity contribution in [2.45, 2.75) is 19.3 Å². The number of hydrogen-bond donors (Lipinski definition) is 1. The van der Waals surface area contributed by atoms with Crippen LogP contribution in [0.5, 0.6) is 0 Å². The van der Waals surface area contributed by atoms with Crippen molar-refractivity contribution >= 4 is 35.0 Å². The van der Waals surface area contributed by atoms with E-state index in [0.717, 1.165) is 40.4 Å². The number of fused-ring (bicyclic) bond motifs is 1. The maximum absolute atomic E-state index is 11.4. The average molecular weight is 396 g/mol. The molecular weight excluding hydrogens is 376 g/mol. The van der Waals surface area contributed by atoms with Crippen LogP contribution in [0.1, 0.15) is 23.3 Å². The molecule has 28 heavy (non-hydrogen) atoms. The predicted molar refractivity (Wildman–Crippen MR) is 108 cm³/mol. The SMILES string of the molecule is COC(=O)CCN1CCCc2cc(-c3ccc(/C=C(\C#N)C(=O)O)s3)ccc21. The Bertz CT molecular complexity index is 971. The number of carboxylic acid groups (broad SMARTS) is 1. The topological polar surface area (TPSA) is 90.6 Å². The van der Waals surface area contributed by atoms with Crippen molar-refractivity contribution in [3.05, 3.63) is 46.3 Å². The van der Waals surface area contributed by atoms with Crippen molar-refractivity contribution in [1.82, 2.24) is 0 Å². The first-order chi connectivity index (χ1) is 13.5. The number of carbonyl (C=O) groups excluding carboxylic acids is 1. The number of rotatable bonds is 6. The molecule has 1 aromatic heterocycles. The summed E-state index contributed by atoms with van der Waals surface area (Å²) in [5, 5.41) is 17.9. The van der Waals surface area contributed by atoms with Crippen LogP contribution in [0.2, 0.25) is 0 Å². The van der Waals surface area contributed by atoms with Gasteiger partial charge in [0.05, 0.1) is 13.5 Å². The van der Waals surface area contributed by atoms with Gasteiger partial charge in [0, 0.05) is 28.5 Å². The Morgan fingerprint density at radius 1 is 1.36 bits per heavy atom. The monoisotopic (exact) mass is 396 g/mol. The van der Waals surface area contributed by atoms with Crippen LogP contribution in [0.15, 0.2) is 35.9 Å². The number of nitrogens with zero attached hydrogens (tertiary/aromatic N) is 2. The minimum absolute atomic E-state index is 0.207. The van der Waals surface area contributed by atoms with Gasteiger partial charge in [-0.05, 0) is 54.3 Å². The lowest BCUT2D eigenvalue weighted by atomic mass is 9.98. The molecule has 0 atom stereocenters. The summed E-state index contributed by atoms with van der Waals surface area (Å²) >= 11 is 1.45. The Kier molecular flexibility index (Phi) is 6.12. The third kappa shape index (κ3) is 4.41. The number of hydrogen-bond acceptors (Lipinski definition) is 6. The second kappa shape index (κ2) is 8.72. The van der Waals surface area contributed by atoms with Gasteiger partial charge in [-0.1, -0.05) is 6.07 Å². The van der Waals surface area contributed by atoms with Crippen molar-refractivity contribution in [3.8, 4) is 16.5 Å². The lowest BCUT2D eigenvalue weighted by Gasteiger charge is -2.31. The molecule has 0 radical (unpaired) electrons. The Labute approximate surface area is 167 Å². The number of esters is 1. The molecular formula is C21H20N2O4S. The quantitative estimate of drug-likeness (QED) is 0.455. The highest BCUT2D eigenvalue weighted by Crippen LogP contribution is 2.35. The zero-order valence-electron chi connectivity index (χ0n) is 15.5. The normalized spacial score (nSPS) is 13.6. The Hall–Kier alpha value is -3.11. The van der Waals surface area contributed by atoms with Crippen LogP contribution in [0.4, 0.5) is 5.69 Å². The van der Waals surface area contributed by atoms with Crippen molar-refractivity contribution in [2.24, 2.45) is 0 Å². The van der Waals surface area contributed by atoms with Gasteiger partial charge in [0.25, 0.3) is 0 Å². The molecule has 0 spiro atoms. The first-order valence-corrected chi connectivity index (χ1v) is 9.73. The van der Waals surface area contributed by atoms with E-state index < -0.39 is 5.97 Å². The van der Waals surface area contributed by atoms with E-state index in [1.54, 1.807) is 6.07 Å². The van der Waals surface area contributed by atoms with Crippen LogP contribution < -0.4 is 4.90 Å². The number of carbonyl (C=O) groups is 2. The van der Waals surface area contributed by atoms with E-state index in [1.165, 1.54) is 30.1 Å². The highest BCUT2D eigenvalue weighted by atomic mass is 32.1. The second-order valence-corrected chi connectivity index (χ2v) is 7.55. The molecule has 0 saturated heterocycles. The van der Waals surface area contributed by atoms with Crippen LogP contribution in [-0.2, 0) is 20.7 Å². The maximum atomic E-state index is 11.4. The molecule has 0 saturated carbocycles. The fourth-order valence-electron chi connectivity index (χ4n) is 3.26. The Morgan fingerprint density at radius 2 is 2.18 bits per heavy atom. The summed E-state index contributed by atoms with van der Waals surface area (Å²) < 4.78 is 4.73. The highest BCUT2D eigenvalue weighted by Gasteiger charge is 2.18. The van der Waals surface area contributed by atoms with E-state index in [2.05, 4.69) is 17.0 Å². The summed E-state index contributed by atoms with van der Waals surface area (Å²) in [7, 11) is 1.40. The molecule has 1 aromatic carbocycles. The number of aryl methyl sites for hydroxylation is 1. The third-order valence-electron chi connectivity index (χ3n) is 4.66. The van der Waals surface area contributed by atoms with Crippen LogP contribution in [-0.4, -0.2) is 37.2 Å². The van der Waals surface area contributed by atoms with Crippen LogP contribution in [0.25, 0.3) is 16.5 Å². The molecule has 0 fully saturated rings. The number of ether oxygens (including phenoxy) is 1. The molecule has 1 aliphatic rings. The fourth-order valence-corrected chi connectivity index (χ4v) is 4.21. The van der Waals surface area contributed by atoms with Gasteiger partial charge in [-0.25, -0.2) is 4.79 Å². The number of carboxylic acids is 1. The smallest absolute Gasteiger partial charge is 0.346 e. The summed E-state index contributed by atoms with van der Waals surface area (Å²) in [5.74, 6) is -1.43. The van der Waals surface area contributed by atoms with E-state index in [-0.39, 0.29) is 11.5 Å². The van der Waals surface area contributed by atoms with E-state index in [4.69, 9.17) is 15.1 Å². The molecule has 7 heteroatoms. The first kappa shape index (κ1) is 19.6. The molecule has 1 aliphatic heterocycles. The lowest BCUT2D eigenvalue weighted by molar-refractivity contribution is -0.140. The average Bonchev–Trinajstić information content (AvgIpc) is 3.18. The summed E-state index contributed by atoms with van der Waals surface area (Å²) in [5.41, 5.74) is 3.17. The minimum atomic E-state index is -1.22. The first-order valence-electron chi connectivity index (χ1n) is 8.92. The molecule has 0 unspecified atom stereocenters. The molecule has 2 aromatic rings. The lowest BCUT2D eigenvalue weighted by Crippen LogP contribution is -2.31. The van der Waals surface area contributed by atoms with Gasteiger partial charge >= 0.3 is 11.9 Å². The summed E-state index contributed by atoms with van der Waals surface area (Å²) in [6.45, 7) is 1.56. The molecule has 0 aliphatic carbocycles. The van der Waals surface area contributed by atoms with Gasteiger partial charge in [-0.3, -0.25) is 4.79 Å². The third-order valence-corrected chi connectivity index (χ3v) is 5.74. The van der Waals surface area contributed by atoms with Crippen molar-refractivity contribution in [1.29, 1.82) is 5.26 Å². The molecule has 6 nitrogen and oxygen atoms in total. The zero-order chi connectivity index (χ0) is 20.1. The van der Waals surface area contributed by atoms with E-state index in [1.807, 2.05) is 18.2 Å². The van der Waals surface area contributed by atoms with E-state index >= 15 is 0 Å². The van der Waals surface area contributed by atoms with Crippen LogP contribution >= 0.6 is 11.3 Å². The van der Waals surface area contributed by atoms with Gasteiger partial charge < -0.3 is 14.7 Å². The molecule has 0 amide bonds. The Morgan fingerprint density at radius 3 is 2.89 bits per heavy atom. The number of anilines is 1. The maximum Gasteiger partial charge on any atom is 0.346 e. The number of methoxy groups -OCH3 is 1. The second-order valence-electron chi connectivity index (χ2n) is 6.44. The number of nitriles is 1. The highest BCUT2D eigenvalue weighted by molar-refractivity contribution is 7.16. The van der Waals surface area contributed by atoms with Gasteiger partial charge in [0.15, 0.2) is 0 Å². The van der Waals surface area contributed by atoms with Crippen LogP contribution in [0.3, 0.4) is 0 Å². The van der Waals surface area contributed by atoms with Crippen molar-refractivity contribution in [3.63, 3.8) is 0 Å². The van der Waals surface area contributed by atoms with Crippen molar-refractivity contribution in [2.75, 3.05) is 25.1 Å². The summed E-state index contributed by atoms with van der Waals surface area (Å²) in [6.07, 6.45) is 3.76. The fraction of sp³-hybridized carbons (Fsp3) is 0.286. The number of aliphatic carboxylic acids is 1. The van der Waals surface area contributed by atoms with Crippen molar-refractivity contribution < 1.29 is 19.4 Å².